The second-order valence-corrected chi connectivity index (χ2v) is 6.75. The number of fused-ring (bicyclic) bond motifs is 1. The topological polar surface area (TPSA) is 30.5 Å². The van der Waals surface area contributed by atoms with E-state index in [0.29, 0.717) is 13.2 Å². The Bertz CT molecular complexity index is 805. The fourth-order valence-corrected chi connectivity index (χ4v) is 3.29. The van der Waals surface area contributed by atoms with Gasteiger partial charge in [-0.05, 0) is 25.5 Å². The number of benzene rings is 2. The second-order valence-electron chi connectivity index (χ2n) is 6.75. The molecule has 0 unspecified atom stereocenters. The van der Waals surface area contributed by atoms with Crippen LogP contribution in [0.25, 0.3) is 16.7 Å². The average Bonchev–Trinajstić information content (AvgIpc) is 2.60. The number of nitrogens with one attached hydrogen (secondary N) is 1. The molecule has 2 aromatic carbocycles. The lowest BCUT2D eigenvalue weighted by atomic mass is 9.87. The van der Waals surface area contributed by atoms with Crippen molar-refractivity contribution in [3.8, 4) is 16.9 Å². The molecule has 1 aliphatic rings. The van der Waals surface area contributed by atoms with Crippen molar-refractivity contribution in [1.29, 1.82) is 0 Å². The Morgan fingerprint density at radius 2 is 1.76 bits per heavy atom. The predicted molar refractivity (Wildman–Crippen MR) is 105 cm³/mol. The van der Waals surface area contributed by atoms with Gasteiger partial charge in [0, 0.05) is 16.7 Å². The van der Waals surface area contributed by atoms with Gasteiger partial charge in [-0.15, -0.1) is 6.58 Å². The van der Waals surface area contributed by atoms with Crippen LogP contribution in [0.3, 0.4) is 0 Å². The lowest BCUT2D eigenvalue weighted by molar-refractivity contribution is 0.199. The lowest BCUT2D eigenvalue weighted by Crippen LogP contribution is -2.32. The Hall–Kier alpha value is -2.52. The number of para-hydroxylation sites is 2. The molecule has 25 heavy (non-hydrogen) atoms. The fourth-order valence-electron chi connectivity index (χ4n) is 3.29. The van der Waals surface area contributed by atoms with Gasteiger partial charge in [-0.1, -0.05) is 48.6 Å². The molecule has 1 heterocycles. The average molecular weight is 335 g/mol. The highest BCUT2D eigenvalue weighted by molar-refractivity contribution is 5.92. The summed E-state index contributed by atoms with van der Waals surface area (Å²) in [4.78, 5) is 0. The van der Waals surface area contributed by atoms with Crippen molar-refractivity contribution in [3.63, 3.8) is 0 Å². The molecule has 3 rings (SSSR count). The quantitative estimate of drug-likeness (QED) is 0.585. The van der Waals surface area contributed by atoms with Crippen LogP contribution in [0.15, 0.2) is 61.2 Å². The molecule has 0 saturated heterocycles. The summed E-state index contributed by atoms with van der Waals surface area (Å²) in [6.07, 6.45) is 4.02. The van der Waals surface area contributed by atoms with Crippen LogP contribution in [0.5, 0.6) is 5.75 Å². The summed E-state index contributed by atoms with van der Waals surface area (Å²) in [6.45, 7) is 9.17. The number of anilines is 1. The SMILES string of the molecule is C=CCOCC1=CC(C)(C)Nc2c1cccc2-c1ccccc1OC. The van der Waals surface area contributed by atoms with Crippen LogP contribution in [0, 0.1) is 0 Å². The van der Waals surface area contributed by atoms with E-state index in [1.165, 1.54) is 11.1 Å². The van der Waals surface area contributed by atoms with Crippen molar-refractivity contribution in [2.45, 2.75) is 19.4 Å². The van der Waals surface area contributed by atoms with Gasteiger partial charge in [-0.2, -0.15) is 0 Å². The highest BCUT2D eigenvalue weighted by atomic mass is 16.5. The molecule has 0 fully saturated rings. The van der Waals surface area contributed by atoms with Crippen molar-refractivity contribution < 1.29 is 9.47 Å². The zero-order chi connectivity index (χ0) is 17.9. The molecular weight excluding hydrogens is 310 g/mol. The lowest BCUT2D eigenvalue weighted by Gasteiger charge is -2.34. The van der Waals surface area contributed by atoms with Gasteiger partial charge in [0.1, 0.15) is 5.75 Å². The van der Waals surface area contributed by atoms with Crippen LogP contribution >= 0.6 is 0 Å². The molecule has 3 nitrogen and oxygen atoms in total. The van der Waals surface area contributed by atoms with Crippen molar-refractivity contribution in [1.82, 2.24) is 0 Å². The molecule has 2 aromatic rings. The van der Waals surface area contributed by atoms with Crippen LogP contribution in [-0.2, 0) is 4.74 Å². The maximum absolute atomic E-state index is 5.72. The molecule has 0 saturated carbocycles. The third-order valence-electron chi connectivity index (χ3n) is 4.28. The fraction of sp³-hybridized carbons (Fsp3) is 0.273. The largest absolute Gasteiger partial charge is 0.496 e. The van der Waals surface area contributed by atoms with Crippen molar-refractivity contribution in [2.75, 3.05) is 25.6 Å². The van der Waals surface area contributed by atoms with E-state index >= 15 is 0 Å². The molecule has 3 heteroatoms. The smallest absolute Gasteiger partial charge is 0.126 e. The van der Waals surface area contributed by atoms with E-state index < -0.39 is 0 Å². The van der Waals surface area contributed by atoms with E-state index in [4.69, 9.17) is 9.47 Å². The van der Waals surface area contributed by atoms with Crippen LogP contribution in [-0.4, -0.2) is 25.9 Å². The Balaban J connectivity index is 2.10. The van der Waals surface area contributed by atoms with E-state index in [2.05, 4.69) is 56.1 Å². The number of methoxy groups -OCH3 is 1. The normalized spacial score (nSPS) is 14.9. The standard InChI is InChI=1S/C22H25NO2/c1-5-13-25-15-16-14-22(2,3)23-21-17(16)10-8-11-19(21)18-9-6-7-12-20(18)24-4/h5-12,14,23H,1,13,15H2,2-4H3. The monoisotopic (exact) mass is 335 g/mol. The third-order valence-corrected chi connectivity index (χ3v) is 4.28. The van der Waals surface area contributed by atoms with Gasteiger partial charge in [-0.25, -0.2) is 0 Å². The predicted octanol–water partition coefficient (Wildman–Crippen LogP) is 5.15. The molecule has 1 N–H and O–H groups in total. The van der Waals surface area contributed by atoms with E-state index in [9.17, 15) is 0 Å². The van der Waals surface area contributed by atoms with E-state index in [-0.39, 0.29) is 5.54 Å². The highest BCUT2D eigenvalue weighted by Crippen LogP contribution is 2.43. The zero-order valence-electron chi connectivity index (χ0n) is 15.1. The maximum atomic E-state index is 5.72. The van der Waals surface area contributed by atoms with Gasteiger partial charge in [0.15, 0.2) is 0 Å². The van der Waals surface area contributed by atoms with E-state index in [1.54, 1.807) is 13.2 Å². The van der Waals surface area contributed by atoms with E-state index in [1.807, 2.05) is 18.2 Å². The van der Waals surface area contributed by atoms with Gasteiger partial charge in [-0.3, -0.25) is 0 Å². The van der Waals surface area contributed by atoms with Gasteiger partial charge >= 0.3 is 0 Å². The molecule has 1 aliphatic heterocycles. The molecule has 0 spiro atoms. The first kappa shape index (κ1) is 17.3. The van der Waals surface area contributed by atoms with Gasteiger partial charge < -0.3 is 14.8 Å². The Kier molecular flexibility index (Phi) is 4.95. The first-order valence-corrected chi connectivity index (χ1v) is 8.51. The van der Waals surface area contributed by atoms with Gasteiger partial charge in [0.2, 0.25) is 0 Å². The minimum absolute atomic E-state index is 0.155. The molecule has 0 amide bonds. The Labute approximate surface area is 150 Å². The summed E-state index contributed by atoms with van der Waals surface area (Å²) in [5, 5.41) is 3.67. The summed E-state index contributed by atoms with van der Waals surface area (Å²) >= 11 is 0. The van der Waals surface area contributed by atoms with Crippen molar-refractivity contribution >= 4 is 11.3 Å². The number of hydrogen-bond donors (Lipinski definition) is 1. The first-order chi connectivity index (χ1) is 12.1. The third kappa shape index (κ3) is 3.62. The molecule has 0 atom stereocenters. The minimum atomic E-state index is -0.155. The van der Waals surface area contributed by atoms with Gasteiger partial charge in [0.05, 0.1) is 31.5 Å². The number of hydrogen-bond acceptors (Lipinski definition) is 3. The summed E-state index contributed by atoms with van der Waals surface area (Å²) in [6, 6.07) is 14.5. The van der Waals surface area contributed by atoms with Crippen molar-refractivity contribution in [2.24, 2.45) is 0 Å². The van der Waals surface area contributed by atoms with Gasteiger partial charge in [0.25, 0.3) is 0 Å². The summed E-state index contributed by atoms with van der Waals surface area (Å²) < 4.78 is 11.3. The Morgan fingerprint density at radius 1 is 1.04 bits per heavy atom. The molecule has 0 bridgehead atoms. The molecular formula is C22H25NO2. The Morgan fingerprint density at radius 3 is 2.52 bits per heavy atom. The molecule has 130 valence electrons. The van der Waals surface area contributed by atoms with Crippen LogP contribution in [0.2, 0.25) is 0 Å². The second kappa shape index (κ2) is 7.16. The summed E-state index contributed by atoms with van der Waals surface area (Å²) in [7, 11) is 1.71. The highest BCUT2D eigenvalue weighted by Gasteiger charge is 2.27. The van der Waals surface area contributed by atoms with Crippen LogP contribution < -0.4 is 10.1 Å². The summed E-state index contributed by atoms with van der Waals surface area (Å²) in [5.41, 5.74) is 5.55. The minimum Gasteiger partial charge on any atom is -0.496 e. The first-order valence-electron chi connectivity index (χ1n) is 8.51. The number of rotatable bonds is 6. The van der Waals surface area contributed by atoms with E-state index in [0.717, 1.165) is 22.6 Å². The van der Waals surface area contributed by atoms with Crippen molar-refractivity contribution in [3.05, 3.63) is 66.8 Å². The molecule has 0 aliphatic carbocycles. The molecule has 0 aromatic heterocycles. The molecule has 0 radical (unpaired) electrons. The number of ether oxygens (including phenoxy) is 2. The van der Waals surface area contributed by atoms with Crippen LogP contribution in [0.4, 0.5) is 5.69 Å². The zero-order valence-corrected chi connectivity index (χ0v) is 15.1. The van der Waals surface area contributed by atoms with Crippen LogP contribution in [0.1, 0.15) is 19.4 Å². The summed E-state index contributed by atoms with van der Waals surface area (Å²) in [5.74, 6) is 0.870. The maximum Gasteiger partial charge on any atom is 0.126 e.